The van der Waals surface area contributed by atoms with E-state index in [1.807, 2.05) is 0 Å². The monoisotopic (exact) mass is 613 g/mol. The first-order valence-electron chi connectivity index (χ1n) is 14.3. The molecule has 1 heterocycles. The van der Waals surface area contributed by atoms with Gasteiger partial charge in [-0.3, -0.25) is 43.3 Å². The molecule has 1 aliphatic rings. The number of carbonyl (C=O) groups excluding carboxylic acids is 8. The predicted octanol–water partition coefficient (Wildman–Crippen LogP) is -2.07. The summed E-state index contributed by atoms with van der Waals surface area (Å²) in [5, 5.41) is 12.4. The van der Waals surface area contributed by atoms with Crippen LogP contribution in [0.4, 0.5) is 0 Å². The fourth-order valence-electron chi connectivity index (χ4n) is 4.04. The molecule has 238 valence electrons. The highest BCUT2D eigenvalue weighted by molar-refractivity contribution is 6.12. The number of imide groups is 1. The molecule has 8 amide bonds. The highest BCUT2D eigenvalue weighted by atomic mass is 16.2. The molecule has 0 saturated carbocycles. The van der Waals surface area contributed by atoms with Crippen molar-refractivity contribution in [2.24, 2.45) is 5.73 Å². The summed E-state index contributed by atoms with van der Waals surface area (Å²) in [6, 6.07) is 7.86. The van der Waals surface area contributed by atoms with Gasteiger partial charge in [-0.1, -0.05) is 36.8 Å². The Labute approximate surface area is 254 Å². The smallest absolute Gasteiger partial charge is 0.253 e. The van der Waals surface area contributed by atoms with E-state index in [-0.39, 0.29) is 63.2 Å². The molecule has 15 nitrogen and oxygen atoms in total. The molecule has 0 aromatic heterocycles. The lowest BCUT2D eigenvalue weighted by molar-refractivity contribution is -0.137. The van der Waals surface area contributed by atoms with Gasteiger partial charge in [-0.2, -0.15) is 0 Å². The number of nitrogens with zero attached hydrogens (tertiary/aromatic N) is 1. The van der Waals surface area contributed by atoms with E-state index in [1.165, 1.54) is 12.2 Å². The summed E-state index contributed by atoms with van der Waals surface area (Å²) in [4.78, 5) is 96.4. The maximum atomic E-state index is 12.8. The van der Waals surface area contributed by atoms with E-state index in [0.29, 0.717) is 25.7 Å². The number of nitrogens with one attached hydrogen (secondary N) is 5. The number of nitrogens with two attached hydrogens (primary N) is 1. The minimum Gasteiger partial charge on any atom is -0.370 e. The van der Waals surface area contributed by atoms with Crippen LogP contribution >= 0.6 is 0 Å². The zero-order valence-corrected chi connectivity index (χ0v) is 24.4. The number of carbonyl (C=O) groups is 8. The zero-order valence-electron chi connectivity index (χ0n) is 24.4. The first-order chi connectivity index (χ1) is 21.0. The van der Waals surface area contributed by atoms with Gasteiger partial charge in [0.05, 0.1) is 19.6 Å². The molecule has 44 heavy (non-hydrogen) atoms. The summed E-state index contributed by atoms with van der Waals surface area (Å²) in [7, 11) is 0. The Morgan fingerprint density at radius 3 is 1.98 bits per heavy atom. The summed E-state index contributed by atoms with van der Waals surface area (Å²) >= 11 is 0. The van der Waals surface area contributed by atoms with E-state index in [4.69, 9.17) is 5.73 Å². The minimum atomic E-state index is -1.04. The van der Waals surface area contributed by atoms with Gasteiger partial charge in [0.2, 0.25) is 35.4 Å². The lowest BCUT2D eigenvalue weighted by Gasteiger charge is -2.19. The van der Waals surface area contributed by atoms with Crippen molar-refractivity contribution in [1.82, 2.24) is 31.5 Å². The van der Waals surface area contributed by atoms with Crippen molar-refractivity contribution in [1.29, 1.82) is 0 Å². The Bertz CT molecular complexity index is 1220. The Morgan fingerprint density at radius 1 is 0.682 bits per heavy atom. The van der Waals surface area contributed by atoms with Crippen molar-refractivity contribution >= 4 is 47.3 Å². The number of hydrogen-bond acceptors (Lipinski definition) is 8. The molecule has 15 heteroatoms. The molecule has 7 N–H and O–H groups in total. The number of primary amides is 1. The second-order valence-corrected chi connectivity index (χ2v) is 9.97. The molecule has 0 spiro atoms. The quantitative estimate of drug-likeness (QED) is 0.0706. The fraction of sp³-hybridized carbons (Fsp3) is 0.448. The molecule has 1 atom stereocenters. The van der Waals surface area contributed by atoms with Crippen molar-refractivity contribution < 1.29 is 38.4 Å². The highest BCUT2D eigenvalue weighted by Gasteiger charge is 2.23. The van der Waals surface area contributed by atoms with Crippen molar-refractivity contribution in [2.45, 2.75) is 51.0 Å². The Balaban J connectivity index is 1.69. The Hall–Kier alpha value is -5.08. The zero-order chi connectivity index (χ0) is 32.3. The molecule has 0 saturated heterocycles. The molecule has 0 aliphatic carbocycles. The average molecular weight is 614 g/mol. The van der Waals surface area contributed by atoms with Crippen LogP contribution in [-0.2, 0) is 44.8 Å². The molecule has 1 aromatic carbocycles. The van der Waals surface area contributed by atoms with Gasteiger partial charge in [-0.15, -0.1) is 0 Å². The molecule has 0 bridgehead atoms. The average Bonchev–Trinajstić information content (AvgIpc) is 3.32. The Kier molecular flexibility index (Phi) is 15.3. The van der Waals surface area contributed by atoms with E-state index in [2.05, 4.69) is 26.6 Å². The maximum Gasteiger partial charge on any atom is 0.253 e. The van der Waals surface area contributed by atoms with Crippen LogP contribution in [0.1, 0.15) is 44.1 Å². The molecule has 0 radical (unpaired) electrons. The van der Waals surface area contributed by atoms with Crippen LogP contribution in [0.2, 0.25) is 0 Å². The number of hydrogen-bond donors (Lipinski definition) is 6. The summed E-state index contributed by atoms with van der Waals surface area (Å²) in [6.07, 6.45) is 4.85. The van der Waals surface area contributed by atoms with Crippen LogP contribution in [0.5, 0.6) is 0 Å². The lowest BCUT2D eigenvalue weighted by atomic mass is 10.1. The number of benzene rings is 1. The SMILES string of the molecule is NC(=O)CCCNC(=O)CNC(=O)C(Cc1ccccc1)NC(=O)CNC(=O)CNC(=O)CCCCCN1C(=O)C=CC1=O. The van der Waals surface area contributed by atoms with E-state index >= 15 is 0 Å². The van der Waals surface area contributed by atoms with E-state index in [1.54, 1.807) is 30.3 Å². The van der Waals surface area contributed by atoms with Gasteiger partial charge < -0.3 is 32.3 Å². The second kappa shape index (κ2) is 19.2. The van der Waals surface area contributed by atoms with Gasteiger partial charge >= 0.3 is 0 Å². The van der Waals surface area contributed by atoms with Gasteiger partial charge in [0, 0.05) is 44.5 Å². The van der Waals surface area contributed by atoms with Crippen LogP contribution in [-0.4, -0.2) is 90.9 Å². The third-order valence-electron chi connectivity index (χ3n) is 6.36. The first kappa shape index (κ1) is 35.1. The summed E-state index contributed by atoms with van der Waals surface area (Å²) in [5.74, 6) is -3.89. The maximum absolute atomic E-state index is 12.8. The number of unbranched alkanes of at least 4 members (excludes halogenated alkanes) is 2. The van der Waals surface area contributed by atoms with Gasteiger partial charge in [0.25, 0.3) is 11.8 Å². The number of rotatable bonds is 20. The number of amides is 8. The van der Waals surface area contributed by atoms with Crippen LogP contribution in [0.25, 0.3) is 0 Å². The normalized spacial score (nSPS) is 12.8. The van der Waals surface area contributed by atoms with Crippen molar-refractivity contribution in [3.8, 4) is 0 Å². The molecule has 1 unspecified atom stereocenters. The topological polar surface area (TPSA) is 226 Å². The van der Waals surface area contributed by atoms with Crippen molar-refractivity contribution in [3.63, 3.8) is 0 Å². The van der Waals surface area contributed by atoms with Crippen LogP contribution in [0, 0.1) is 0 Å². The molecule has 1 aromatic rings. The largest absolute Gasteiger partial charge is 0.370 e. The first-order valence-corrected chi connectivity index (χ1v) is 14.3. The van der Waals surface area contributed by atoms with Crippen molar-refractivity contribution in [3.05, 3.63) is 48.0 Å². The van der Waals surface area contributed by atoms with Gasteiger partial charge in [0.15, 0.2) is 0 Å². The highest BCUT2D eigenvalue weighted by Crippen LogP contribution is 2.08. The van der Waals surface area contributed by atoms with Gasteiger partial charge in [-0.05, 0) is 24.8 Å². The standard InChI is InChI=1S/C29H39N7O8/c30-22(37)10-7-14-31-24(39)18-34-29(44)21(16-20-8-3-1-4-9-20)35-26(41)19-33-25(40)17-32-23(38)11-5-2-6-15-36-27(42)12-13-28(36)43/h1,3-4,8-9,12-13,21H,2,5-7,10-11,14-19H2,(H2,30,37)(H,31,39)(H,32,38)(H,33,40)(H,34,44)(H,35,41). The molecule has 1 aliphatic heterocycles. The summed E-state index contributed by atoms with van der Waals surface area (Å²) in [5.41, 5.74) is 5.81. The molecule has 0 fully saturated rings. The van der Waals surface area contributed by atoms with E-state index in [0.717, 1.165) is 10.5 Å². The van der Waals surface area contributed by atoms with E-state index in [9.17, 15) is 38.4 Å². The molecular weight excluding hydrogens is 574 g/mol. The summed E-state index contributed by atoms with van der Waals surface area (Å²) < 4.78 is 0. The lowest BCUT2D eigenvalue weighted by Crippen LogP contribution is -2.52. The summed E-state index contributed by atoms with van der Waals surface area (Å²) in [6.45, 7) is -0.652. The predicted molar refractivity (Wildman–Crippen MR) is 157 cm³/mol. The third-order valence-corrected chi connectivity index (χ3v) is 6.36. The second-order valence-electron chi connectivity index (χ2n) is 9.97. The van der Waals surface area contributed by atoms with E-state index < -0.39 is 42.1 Å². The minimum absolute atomic E-state index is 0.119. The fourth-order valence-corrected chi connectivity index (χ4v) is 4.04. The van der Waals surface area contributed by atoms with Crippen molar-refractivity contribution in [2.75, 3.05) is 32.7 Å². The van der Waals surface area contributed by atoms with Gasteiger partial charge in [-0.25, -0.2) is 0 Å². The van der Waals surface area contributed by atoms with Crippen LogP contribution in [0.3, 0.4) is 0 Å². The molecular formula is C29H39N7O8. The van der Waals surface area contributed by atoms with Crippen LogP contribution < -0.4 is 32.3 Å². The molecule has 2 rings (SSSR count). The Morgan fingerprint density at radius 2 is 1.30 bits per heavy atom. The van der Waals surface area contributed by atoms with Crippen LogP contribution in [0.15, 0.2) is 42.5 Å². The third kappa shape index (κ3) is 14.2. The van der Waals surface area contributed by atoms with Gasteiger partial charge in [0.1, 0.15) is 6.04 Å².